The van der Waals surface area contributed by atoms with Crippen LogP contribution in [0, 0.1) is 16.7 Å². The molecule has 4 rings (SSSR count). The fourth-order valence-corrected chi connectivity index (χ4v) is 4.13. The van der Waals surface area contributed by atoms with Gasteiger partial charge in [-0.2, -0.15) is 14.9 Å². The summed E-state index contributed by atoms with van der Waals surface area (Å²) in [6, 6.07) is 7.28. The molecule has 1 aliphatic rings. The van der Waals surface area contributed by atoms with E-state index in [1.165, 1.54) is 6.20 Å². The molecule has 0 aromatic carbocycles. The molecule has 4 heterocycles. The number of nitriles is 1. The van der Waals surface area contributed by atoms with Gasteiger partial charge in [-0.1, -0.05) is 13.8 Å². The molecule has 0 aliphatic carbocycles. The number of nitrogens with one attached hydrogen (secondary N) is 1. The van der Waals surface area contributed by atoms with E-state index in [0.29, 0.717) is 28.3 Å². The molecule has 154 valence electrons. The smallest absolute Gasteiger partial charge is 0.254 e. The van der Waals surface area contributed by atoms with Crippen LogP contribution in [0.1, 0.15) is 36.3 Å². The Morgan fingerprint density at radius 2 is 2.20 bits per heavy atom. The number of rotatable bonds is 4. The minimum Gasteiger partial charge on any atom is -0.366 e. The first-order valence-electron chi connectivity index (χ1n) is 9.38. The Balaban J connectivity index is 1.61. The molecule has 1 unspecified atom stereocenters. The van der Waals surface area contributed by atoms with E-state index in [4.69, 9.17) is 11.0 Å². The first-order valence-corrected chi connectivity index (χ1v) is 10.2. The number of aromatic nitrogens is 5. The Kier molecular flexibility index (Phi) is 5.03. The largest absolute Gasteiger partial charge is 0.366 e. The molecule has 3 aromatic rings. The van der Waals surface area contributed by atoms with Gasteiger partial charge < -0.3 is 16.0 Å². The predicted molar refractivity (Wildman–Crippen MR) is 114 cm³/mol. The monoisotopic (exact) mass is 469 g/mol. The van der Waals surface area contributed by atoms with Gasteiger partial charge in [0.25, 0.3) is 5.91 Å². The third-order valence-electron chi connectivity index (χ3n) is 5.35. The highest BCUT2D eigenvalue weighted by molar-refractivity contribution is 9.10. The van der Waals surface area contributed by atoms with Crippen LogP contribution >= 0.6 is 15.9 Å². The maximum Gasteiger partial charge on any atom is 0.254 e. The zero-order valence-electron chi connectivity index (χ0n) is 16.5. The molecule has 1 amide bonds. The average Bonchev–Trinajstić information content (AvgIpc) is 3.09. The van der Waals surface area contributed by atoms with Gasteiger partial charge in [-0.3, -0.25) is 4.79 Å². The molecule has 0 bridgehead atoms. The lowest BCUT2D eigenvalue weighted by Crippen LogP contribution is -2.52. The van der Waals surface area contributed by atoms with Gasteiger partial charge in [0.05, 0.1) is 5.56 Å². The first-order chi connectivity index (χ1) is 14.3. The molecule has 3 N–H and O–H groups in total. The number of nitrogens with two attached hydrogens (primary N) is 1. The minimum atomic E-state index is -0.568. The number of fused-ring (bicyclic) bond motifs is 1. The SMILES string of the molecule is CC1(C)CN(c2ccc(C#N)nn2)CCC1Nc1c(C(N)=O)cnc2cc(Br)nn12. The lowest BCUT2D eigenvalue weighted by molar-refractivity contribution is 0.1000. The minimum absolute atomic E-state index is 0.0479. The topological polar surface area (TPSA) is 138 Å². The van der Waals surface area contributed by atoms with Crippen LogP contribution in [0.25, 0.3) is 5.65 Å². The molecule has 10 nitrogen and oxygen atoms in total. The van der Waals surface area contributed by atoms with Crippen LogP contribution in [-0.2, 0) is 0 Å². The maximum absolute atomic E-state index is 12.0. The van der Waals surface area contributed by atoms with Crippen molar-refractivity contribution in [1.29, 1.82) is 5.26 Å². The highest BCUT2D eigenvalue weighted by atomic mass is 79.9. The van der Waals surface area contributed by atoms with E-state index in [0.717, 1.165) is 18.8 Å². The summed E-state index contributed by atoms with van der Waals surface area (Å²) in [5.41, 5.74) is 6.60. The summed E-state index contributed by atoms with van der Waals surface area (Å²) >= 11 is 3.36. The molecule has 0 spiro atoms. The second-order valence-electron chi connectivity index (χ2n) is 7.91. The highest BCUT2D eigenvalue weighted by Crippen LogP contribution is 2.34. The summed E-state index contributed by atoms with van der Waals surface area (Å²) in [6.45, 7) is 5.75. The van der Waals surface area contributed by atoms with Crippen molar-refractivity contribution in [2.45, 2.75) is 26.3 Å². The van der Waals surface area contributed by atoms with Crippen LogP contribution in [0.4, 0.5) is 11.6 Å². The number of amides is 1. The van der Waals surface area contributed by atoms with Crippen molar-refractivity contribution in [2.75, 3.05) is 23.3 Å². The number of carbonyl (C=O) groups is 1. The van der Waals surface area contributed by atoms with Crippen molar-refractivity contribution in [1.82, 2.24) is 24.8 Å². The molecular weight excluding hydrogens is 450 g/mol. The molecule has 0 radical (unpaired) electrons. The third kappa shape index (κ3) is 3.66. The van der Waals surface area contributed by atoms with Gasteiger partial charge in [-0.05, 0) is 34.5 Å². The summed E-state index contributed by atoms with van der Waals surface area (Å²) in [7, 11) is 0. The van der Waals surface area contributed by atoms with E-state index in [1.807, 2.05) is 12.1 Å². The van der Waals surface area contributed by atoms with E-state index in [9.17, 15) is 4.79 Å². The Morgan fingerprint density at radius 3 is 2.83 bits per heavy atom. The molecule has 1 saturated heterocycles. The van der Waals surface area contributed by atoms with Crippen LogP contribution in [0.5, 0.6) is 0 Å². The number of primary amides is 1. The molecule has 0 saturated carbocycles. The van der Waals surface area contributed by atoms with Gasteiger partial charge in [-0.25, -0.2) is 4.98 Å². The van der Waals surface area contributed by atoms with Crippen molar-refractivity contribution in [3.05, 3.63) is 40.3 Å². The Labute approximate surface area is 181 Å². The summed E-state index contributed by atoms with van der Waals surface area (Å²) in [5, 5.41) is 24.9. The first kappa shape index (κ1) is 20.0. The van der Waals surface area contributed by atoms with Crippen LogP contribution in [0.3, 0.4) is 0 Å². The van der Waals surface area contributed by atoms with E-state index in [1.54, 1.807) is 16.6 Å². The highest BCUT2D eigenvalue weighted by Gasteiger charge is 2.37. The second kappa shape index (κ2) is 7.53. The van der Waals surface area contributed by atoms with Crippen LogP contribution < -0.4 is 16.0 Å². The number of anilines is 2. The number of nitrogens with zero attached hydrogens (tertiary/aromatic N) is 7. The maximum atomic E-state index is 12.0. The molecule has 1 atom stereocenters. The van der Waals surface area contributed by atoms with Crippen molar-refractivity contribution >= 4 is 39.1 Å². The molecule has 1 fully saturated rings. The number of hydrogen-bond donors (Lipinski definition) is 2. The van der Waals surface area contributed by atoms with Crippen molar-refractivity contribution in [2.24, 2.45) is 11.1 Å². The second-order valence-corrected chi connectivity index (χ2v) is 8.72. The molecule has 1 aliphatic heterocycles. The molecule has 11 heteroatoms. The summed E-state index contributed by atoms with van der Waals surface area (Å²) in [4.78, 5) is 18.4. The Bertz CT molecular complexity index is 1150. The van der Waals surface area contributed by atoms with E-state index in [2.05, 4.69) is 60.3 Å². The van der Waals surface area contributed by atoms with Crippen LogP contribution in [0.2, 0.25) is 0 Å². The van der Waals surface area contributed by atoms with Crippen molar-refractivity contribution in [3.63, 3.8) is 0 Å². The number of halogens is 1. The fourth-order valence-electron chi connectivity index (χ4n) is 3.76. The van der Waals surface area contributed by atoms with Crippen LogP contribution in [-0.4, -0.2) is 49.8 Å². The van der Waals surface area contributed by atoms with E-state index >= 15 is 0 Å². The molecule has 30 heavy (non-hydrogen) atoms. The number of carbonyl (C=O) groups excluding carboxylic acids is 1. The Morgan fingerprint density at radius 1 is 1.40 bits per heavy atom. The van der Waals surface area contributed by atoms with Gasteiger partial charge >= 0.3 is 0 Å². The summed E-state index contributed by atoms with van der Waals surface area (Å²) in [6.07, 6.45) is 2.27. The number of piperidine rings is 1. The van der Waals surface area contributed by atoms with Crippen LogP contribution in [0.15, 0.2) is 29.0 Å². The lowest BCUT2D eigenvalue weighted by atomic mass is 9.79. The van der Waals surface area contributed by atoms with Gasteiger partial charge in [-0.15, -0.1) is 10.2 Å². The summed E-state index contributed by atoms with van der Waals surface area (Å²) in [5.74, 6) is 0.699. The van der Waals surface area contributed by atoms with Crippen molar-refractivity contribution in [3.8, 4) is 6.07 Å². The molecular formula is C19H20BrN9O. The van der Waals surface area contributed by atoms with Gasteiger partial charge in [0.1, 0.15) is 16.5 Å². The average molecular weight is 470 g/mol. The van der Waals surface area contributed by atoms with Gasteiger partial charge in [0.2, 0.25) is 0 Å². The van der Waals surface area contributed by atoms with Gasteiger partial charge in [0, 0.05) is 36.8 Å². The molecule has 3 aromatic heterocycles. The summed E-state index contributed by atoms with van der Waals surface area (Å²) < 4.78 is 2.21. The number of hydrogen-bond acceptors (Lipinski definition) is 8. The van der Waals surface area contributed by atoms with E-state index in [-0.39, 0.29) is 17.0 Å². The third-order valence-corrected chi connectivity index (χ3v) is 5.74. The standard InChI is InChI=1S/C19H20BrN9O/c1-19(2)10-28(15-4-3-11(8-21)25-26-15)6-5-13(19)24-18-12(17(22)30)9-23-16-7-14(20)27-29(16)18/h3-4,7,9,13,24H,5-6,10H2,1-2H3,(H2,22,30). The van der Waals surface area contributed by atoms with E-state index < -0.39 is 5.91 Å². The zero-order valence-corrected chi connectivity index (χ0v) is 18.1. The normalized spacial score (nSPS) is 18.2. The Hall–Kier alpha value is -3.26. The lowest BCUT2D eigenvalue weighted by Gasteiger charge is -2.45. The zero-order chi connectivity index (χ0) is 21.5. The van der Waals surface area contributed by atoms with Gasteiger partial charge in [0.15, 0.2) is 17.2 Å². The quantitative estimate of drug-likeness (QED) is 0.590. The van der Waals surface area contributed by atoms with Crippen molar-refractivity contribution < 1.29 is 4.79 Å². The fraction of sp³-hybridized carbons (Fsp3) is 0.368. The predicted octanol–water partition coefficient (Wildman–Crippen LogP) is 1.97.